The van der Waals surface area contributed by atoms with E-state index in [9.17, 15) is 0 Å². The van der Waals surface area contributed by atoms with Gasteiger partial charge in [-0.05, 0) is 82.9 Å². The minimum atomic E-state index is 0.689. The van der Waals surface area contributed by atoms with Gasteiger partial charge in [-0.15, -0.1) is 11.3 Å². The molecule has 9 aromatic rings. The highest BCUT2D eigenvalue weighted by atomic mass is 32.1. The van der Waals surface area contributed by atoms with Crippen molar-refractivity contribution in [2.45, 2.75) is 0 Å². The summed E-state index contributed by atoms with van der Waals surface area (Å²) in [6.45, 7) is 0. The van der Waals surface area contributed by atoms with Crippen molar-refractivity contribution < 1.29 is 0 Å². The van der Waals surface area contributed by atoms with Crippen LogP contribution >= 0.6 is 11.3 Å². The number of rotatable bonds is 6. The smallest absolute Gasteiger partial charge is 0.160 e. The van der Waals surface area contributed by atoms with Gasteiger partial charge in [-0.1, -0.05) is 109 Å². The highest BCUT2D eigenvalue weighted by molar-refractivity contribution is 7.25. The van der Waals surface area contributed by atoms with Crippen molar-refractivity contribution in [2.24, 2.45) is 0 Å². The lowest BCUT2D eigenvalue weighted by Gasteiger charge is -2.14. The molecule has 0 bridgehead atoms. The maximum atomic E-state index is 5.21. The van der Waals surface area contributed by atoms with E-state index in [1.807, 2.05) is 53.9 Å². The molecule has 0 saturated carbocycles. The van der Waals surface area contributed by atoms with Gasteiger partial charge in [0, 0.05) is 48.6 Å². The maximum Gasteiger partial charge on any atom is 0.160 e. The van der Waals surface area contributed by atoms with E-state index in [0.29, 0.717) is 5.82 Å². The summed E-state index contributed by atoms with van der Waals surface area (Å²) in [6, 6.07) is 59.7. The lowest BCUT2D eigenvalue weighted by Crippen LogP contribution is -1.97. The molecular formula is C45H29N3S. The Hall–Kier alpha value is -6.23. The van der Waals surface area contributed by atoms with Gasteiger partial charge in [0.25, 0.3) is 0 Å². The van der Waals surface area contributed by atoms with Gasteiger partial charge in [0.15, 0.2) is 5.82 Å². The van der Waals surface area contributed by atoms with Crippen molar-refractivity contribution in [1.82, 2.24) is 15.0 Å². The number of aromatic nitrogens is 3. The fraction of sp³-hybridized carbons (Fsp3) is 0. The highest BCUT2D eigenvalue weighted by Gasteiger charge is 2.15. The van der Waals surface area contributed by atoms with E-state index in [2.05, 4.69) is 138 Å². The molecule has 3 aromatic heterocycles. The number of hydrogen-bond acceptors (Lipinski definition) is 4. The van der Waals surface area contributed by atoms with Crippen LogP contribution in [-0.4, -0.2) is 15.0 Å². The third-order valence-electron chi connectivity index (χ3n) is 8.92. The quantitative estimate of drug-likeness (QED) is 0.181. The van der Waals surface area contributed by atoms with Crippen molar-refractivity contribution in [3.63, 3.8) is 0 Å². The van der Waals surface area contributed by atoms with E-state index in [1.165, 1.54) is 25.7 Å². The molecule has 6 aromatic carbocycles. The Morgan fingerprint density at radius 3 is 1.69 bits per heavy atom. The van der Waals surface area contributed by atoms with E-state index < -0.39 is 0 Å². The van der Waals surface area contributed by atoms with E-state index in [0.717, 1.165) is 56.0 Å². The third kappa shape index (κ3) is 5.69. The van der Waals surface area contributed by atoms with Gasteiger partial charge < -0.3 is 0 Å². The molecule has 0 N–H and O–H groups in total. The van der Waals surface area contributed by atoms with Crippen LogP contribution in [0.5, 0.6) is 0 Å². The van der Waals surface area contributed by atoms with E-state index in [4.69, 9.17) is 9.97 Å². The van der Waals surface area contributed by atoms with E-state index >= 15 is 0 Å². The number of hydrogen-bond donors (Lipinski definition) is 0. The maximum absolute atomic E-state index is 5.21. The molecule has 3 heterocycles. The van der Waals surface area contributed by atoms with Gasteiger partial charge in [-0.25, -0.2) is 9.97 Å². The Morgan fingerprint density at radius 1 is 0.327 bits per heavy atom. The summed E-state index contributed by atoms with van der Waals surface area (Å²) in [6.07, 6.45) is 1.83. The molecule has 0 atom stereocenters. The average molecular weight is 644 g/mol. The van der Waals surface area contributed by atoms with E-state index in [-0.39, 0.29) is 0 Å². The molecule has 0 radical (unpaired) electrons. The first-order valence-corrected chi connectivity index (χ1v) is 17.2. The van der Waals surface area contributed by atoms with Crippen LogP contribution < -0.4 is 0 Å². The Kier molecular flexibility index (Phi) is 7.34. The zero-order valence-corrected chi connectivity index (χ0v) is 27.3. The molecular weight excluding hydrogens is 615 g/mol. The molecule has 0 amide bonds. The average Bonchev–Trinajstić information content (AvgIpc) is 3.57. The monoisotopic (exact) mass is 643 g/mol. The summed E-state index contributed by atoms with van der Waals surface area (Å²) < 4.78 is 2.60. The van der Waals surface area contributed by atoms with Gasteiger partial charge in [0.05, 0.1) is 17.1 Å². The molecule has 0 saturated heterocycles. The molecule has 4 heteroatoms. The number of fused-ring (bicyclic) bond motifs is 3. The second kappa shape index (κ2) is 12.4. The van der Waals surface area contributed by atoms with Crippen molar-refractivity contribution in [3.8, 4) is 67.4 Å². The van der Waals surface area contributed by atoms with Gasteiger partial charge >= 0.3 is 0 Å². The molecule has 0 unspecified atom stereocenters. The van der Waals surface area contributed by atoms with Crippen LogP contribution in [0, 0.1) is 0 Å². The Bertz CT molecular complexity index is 2590. The lowest BCUT2D eigenvalue weighted by atomic mass is 9.94. The molecule has 9 rings (SSSR count). The standard InChI is InChI=1S/C45H29N3S/c1-3-12-30(13-4-1)35-25-36(32-21-22-44-39(28-32)38-18-7-8-20-43(38)49-44)27-37(26-35)42-29-41(47-45(48-42)31-14-5-2-6-15-31)34-17-11-16-33(24-34)40-19-9-10-23-46-40/h1-29H. The minimum absolute atomic E-state index is 0.689. The number of pyridine rings is 1. The van der Waals surface area contributed by atoms with Crippen molar-refractivity contribution in [1.29, 1.82) is 0 Å². The predicted octanol–water partition coefficient (Wildman–Crippen LogP) is 12.2. The topological polar surface area (TPSA) is 38.7 Å². The molecule has 0 fully saturated rings. The van der Waals surface area contributed by atoms with Crippen LogP contribution in [0.15, 0.2) is 176 Å². The van der Waals surface area contributed by atoms with Gasteiger partial charge in [-0.3, -0.25) is 4.98 Å². The molecule has 230 valence electrons. The predicted molar refractivity (Wildman–Crippen MR) is 205 cm³/mol. The van der Waals surface area contributed by atoms with Gasteiger partial charge in [-0.2, -0.15) is 0 Å². The third-order valence-corrected chi connectivity index (χ3v) is 10.1. The summed E-state index contributed by atoms with van der Waals surface area (Å²) in [7, 11) is 0. The van der Waals surface area contributed by atoms with Crippen molar-refractivity contribution in [2.75, 3.05) is 0 Å². The number of benzene rings is 6. The van der Waals surface area contributed by atoms with Crippen LogP contribution in [0.3, 0.4) is 0 Å². The Morgan fingerprint density at radius 2 is 0.918 bits per heavy atom. The number of nitrogens with zero attached hydrogens (tertiary/aromatic N) is 3. The van der Waals surface area contributed by atoms with E-state index in [1.54, 1.807) is 0 Å². The zero-order valence-electron chi connectivity index (χ0n) is 26.5. The Labute approximate surface area is 288 Å². The minimum Gasteiger partial charge on any atom is -0.256 e. The SMILES string of the molecule is c1ccc(-c2cc(-c3ccc4sc5ccccc5c4c3)cc(-c3cc(-c4cccc(-c5ccccn5)c4)nc(-c4ccccc4)n3)c2)cc1. The fourth-order valence-electron chi connectivity index (χ4n) is 6.48. The summed E-state index contributed by atoms with van der Waals surface area (Å²) in [5, 5.41) is 2.58. The summed E-state index contributed by atoms with van der Waals surface area (Å²) >= 11 is 1.84. The highest BCUT2D eigenvalue weighted by Crippen LogP contribution is 2.39. The lowest BCUT2D eigenvalue weighted by molar-refractivity contribution is 1.18. The van der Waals surface area contributed by atoms with Gasteiger partial charge in [0.1, 0.15) is 0 Å². The second-order valence-electron chi connectivity index (χ2n) is 12.1. The summed E-state index contributed by atoms with van der Waals surface area (Å²) in [4.78, 5) is 14.9. The largest absolute Gasteiger partial charge is 0.256 e. The van der Waals surface area contributed by atoms with Crippen molar-refractivity contribution in [3.05, 3.63) is 176 Å². The molecule has 3 nitrogen and oxygen atoms in total. The Balaban J connectivity index is 1.25. The fourth-order valence-corrected chi connectivity index (χ4v) is 7.56. The normalized spacial score (nSPS) is 11.3. The van der Waals surface area contributed by atoms with Gasteiger partial charge in [0.2, 0.25) is 0 Å². The van der Waals surface area contributed by atoms with Crippen molar-refractivity contribution >= 4 is 31.5 Å². The first-order valence-electron chi connectivity index (χ1n) is 16.3. The summed E-state index contributed by atoms with van der Waals surface area (Å²) in [5.41, 5.74) is 11.3. The second-order valence-corrected chi connectivity index (χ2v) is 13.2. The molecule has 0 aliphatic heterocycles. The first kappa shape index (κ1) is 29.0. The molecule has 0 spiro atoms. The molecule has 0 aliphatic carbocycles. The van der Waals surface area contributed by atoms with Crippen LogP contribution in [-0.2, 0) is 0 Å². The molecule has 0 aliphatic rings. The summed E-state index contributed by atoms with van der Waals surface area (Å²) in [5.74, 6) is 0.689. The van der Waals surface area contributed by atoms with Crippen LogP contribution in [0.2, 0.25) is 0 Å². The van der Waals surface area contributed by atoms with Crippen LogP contribution in [0.4, 0.5) is 0 Å². The number of thiophene rings is 1. The van der Waals surface area contributed by atoms with Crippen LogP contribution in [0.25, 0.3) is 87.6 Å². The zero-order chi connectivity index (χ0) is 32.6. The van der Waals surface area contributed by atoms with Crippen LogP contribution in [0.1, 0.15) is 0 Å². The first-order chi connectivity index (χ1) is 24.2. The molecule has 49 heavy (non-hydrogen) atoms.